The first-order valence-corrected chi connectivity index (χ1v) is 6.52. The third-order valence-corrected chi connectivity index (χ3v) is 3.48. The van der Waals surface area contributed by atoms with Gasteiger partial charge in [0.25, 0.3) is 5.92 Å². The lowest BCUT2D eigenvalue weighted by Crippen LogP contribution is -2.51. The van der Waals surface area contributed by atoms with E-state index in [4.69, 9.17) is 10.4 Å². The molecule has 1 atom stereocenters. The Morgan fingerprint density at radius 1 is 1.30 bits per heavy atom. The number of halogens is 2. The van der Waals surface area contributed by atoms with Crippen LogP contribution in [0.15, 0.2) is 24.3 Å². The average Bonchev–Trinajstić information content (AvgIpc) is 2.49. The van der Waals surface area contributed by atoms with E-state index in [9.17, 15) is 8.78 Å². The van der Waals surface area contributed by atoms with Crippen LogP contribution in [-0.2, 0) is 0 Å². The minimum absolute atomic E-state index is 0.421. The first-order valence-electron chi connectivity index (χ1n) is 6.52. The van der Waals surface area contributed by atoms with Crippen LogP contribution in [0.1, 0.15) is 17.2 Å². The monoisotopic (exact) mass is 281 g/mol. The standard InChI is InChI=1S/C14H17F2N3O/c15-14(16,10-20)13(19-7-5-18-6-8-19)12-3-1-11(9-17)2-4-12/h1-4,13,18,20H,5-8,10H2/t13-/m0/s1. The zero-order chi connectivity index (χ0) is 14.6. The first kappa shape index (κ1) is 14.9. The number of hydrogen-bond acceptors (Lipinski definition) is 4. The fourth-order valence-electron chi connectivity index (χ4n) is 2.49. The predicted octanol–water partition coefficient (Wildman–Crippen LogP) is 1.13. The zero-order valence-electron chi connectivity index (χ0n) is 11.0. The van der Waals surface area contributed by atoms with Gasteiger partial charge in [-0.2, -0.15) is 5.26 Å². The van der Waals surface area contributed by atoms with Gasteiger partial charge in [-0.15, -0.1) is 0 Å². The number of aliphatic hydroxyl groups is 1. The van der Waals surface area contributed by atoms with Crippen molar-refractivity contribution in [3.8, 4) is 6.07 Å². The lowest BCUT2D eigenvalue weighted by atomic mass is 9.97. The fourth-order valence-corrected chi connectivity index (χ4v) is 2.49. The van der Waals surface area contributed by atoms with Crippen LogP contribution in [0.4, 0.5) is 8.78 Å². The number of hydrogen-bond donors (Lipinski definition) is 2. The van der Waals surface area contributed by atoms with Gasteiger partial charge in [-0.05, 0) is 17.7 Å². The van der Waals surface area contributed by atoms with Crippen LogP contribution in [0.5, 0.6) is 0 Å². The molecule has 1 saturated heterocycles. The molecule has 108 valence electrons. The summed E-state index contributed by atoms with van der Waals surface area (Å²) >= 11 is 0. The number of alkyl halides is 2. The molecule has 4 nitrogen and oxygen atoms in total. The van der Waals surface area contributed by atoms with Crippen molar-refractivity contribution in [3.05, 3.63) is 35.4 Å². The van der Waals surface area contributed by atoms with E-state index in [0.717, 1.165) is 0 Å². The molecule has 0 aliphatic carbocycles. The summed E-state index contributed by atoms with van der Waals surface area (Å²) in [4.78, 5) is 1.67. The fraction of sp³-hybridized carbons (Fsp3) is 0.500. The van der Waals surface area contributed by atoms with Gasteiger partial charge in [0.05, 0.1) is 11.6 Å². The molecule has 6 heteroatoms. The molecule has 1 fully saturated rings. The smallest absolute Gasteiger partial charge is 0.289 e. The predicted molar refractivity (Wildman–Crippen MR) is 70.4 cm³/mol. The Balaban J connectivity index is 2.32. The van der Waals surface area contributed by atoms with E-state index in [0.29, 0.717) is 37.3 Å². The summed E-state index contributed by atoms with van der Waals surface area (Å²) in [7, 11) is 0. The summed E-state index contributed by atoms with van der Waals surface area (Å²) in [5.74, 6) is -3.22. The Hall–Kier alpha value is -1.55. The van der Waals surface area contributed by atoms with Crippen LogP contribution < -0.4 is 5.32 Å². The van der Waals surface area contributed by atoms with Gasteiger partial charge in [-0.3, -0.25) is 4.90 Å². The third kappa shape index (κ3) is 3.12. The number of nitrogens with zero attached hydrogens (tertiary/aromatic N) is 2. The summed E-state index contributed by atoms with van der Waals surface area (Å²) in [5.41, 5.74) is 0.852. The third-order valence-electron chi connectivity index (χ3n) is 3.48. The van der Waals surface area contributed by atoms with E-state index < -0.39 is 18.6 Å². The summed E-state index contributed by atoms with van der Waals surface area (Å²) in [6.45, 7) is 1.10. The summed E-state index contributed by atoms with van der Waals surface area (Å²) in [5, 5.41) is 20.9. The Labute approximate surface area is 116 Å². The first-order chi connectivity index (χ1) is 9.58. The normalized spacial score (nSPS) is 18.5. The second-order valence-corrected chi connectivity index (χ2v) is 4.84. The maximum Gasteiger partial charge on any atom is 0.289 e. The van der Waals surface area contributed by atoms with Crippen molar-refractivity contribution in [3.63, 3.8) is 0 Å². The quantitative estimate of drug-likeness (QED) is 0.868. The minimum Gasteiger partial charge on any atom is -0.390 e. The lowest BCUT2D eigenvalue weighted by Gasteiger charge is -2.38. The van der Waals surface area contributed by atoms with Gasteiger partial charge >= 0.3 is 0 Å². The SMILES string of the molecule is N#Cc1ccc([C@H](N2CCNCC2)C(F)(F)CO)cc1. The number of aliphatic hydroxyl groups excluding tert-OH is 1. The van der Waals surface area contributed by atoms with Gasteiger partial charge in [0.1, 0.15) is 12.6 Å². The molecule has 1 aromatic carbocycles. The number of rotatable bonds is 4. The molecule has 0 aromatic heterocycles. The maximum atomic E-state index is 14.1. The van der Waals surface area contributed by atoms with Crippen LogP contribution in [0.2, 0.25) is 0 Å². The van der Waals surface area contributed by atoms with E-state index in [2.05, 4.69) is 5.32 Å². The second kappa shape index (κ2) is 6.27. The van der Waals surface area contributed by atoms with Gasteiger partial charge < -0.3 is 10.4 Å². The van der Waals surface area contributed by atoms with Crippen molar-refractivity contribution < 1.29 is 13.9 Å². The van der Waals surface area contributed by atoms with Gasteiger partial charge in [0, 0.05) is 26.2 Å². The molecule has 1 heterocycles. The van der Waals surface area contributed by atoms with E-state index in [1.54, 1.807) is 4.90 Å². The summed E-state index contributed by atoms with van der Waals surface area (Å²) in [6.07, 6.45) is 0. The molecule has 0 unspecified atom stereocenters. The zero-order valence-corrected chi connectivity index (χ0v) is 11.0. The van der Waals surface area contributed by atoms with Crippen molar-refractivity contribution in [2.24, 2.45) is 0 Å². The topological polar surface area (TPSA) is 59.3 Å². The van der Waals surface area contributed by atoms with Crippen LogP contribution in [-0.4, -0.2) is 48.7 Å². The Morgan fingerprint density at radius 3 is 2.40 bits per heavy atom. The Morgan fingerprint density at radius 2 is 1.90 bits per heavy atom. The molecule has 2 N–H and O–H groups in total. The molecule has 0 amide bonds. The largest absolute Gasteiger partial charge is 0.390 e. The Bertz CT molecular complexity index is 478. The van der Waals surface area contributed by atoms with Crippen LogP contribution in [0.3, 0.4) is 0 Å². The number of piperazine rings is 1. The molecule has 2 rings (SSSR count). The molecule has 20 heavy (non-hydrogen) atoms. The highest BCUT2D eigenvalue weighted by atomic mass is 19.3. The maximum absolute atomic E-state index is 14.1. The molecule has 0 radical (unpaired) electrons. The molecule has 1 aliphatic heterocycles. The average molecular weight is 281 g/mol. The second-order valence-electron chi connectivity index (χ2n) is 4.84. The molecule has 0 saturated carbocycles. The van der Waals surface area contributed by atoms with E-state index in [-0.39, 0.29) is 0 Å². The molecular weight excluding hydrogens is 264 g/mol. The van der Waals surface area contributed by atoms with Gasteiger partial charge in [0.15, 0.2) is 0 Å². The van der Waals surface area contributed by atoms with Crippen molar-refractivity contribution >= 4 is 0 Å². The van der Waals surface area contributed by atoms with Crippen LogP contribution >= 0.6 is 0 Å². The Kier molecular flexibility index (Phi) is 4.65. The van der Waals surface area contributed by atoms with Crippen molar-refractivity contribution in [2.45, 2.75) is 12.0 Å². The number of benzene rings is 1. The van der Waals surface area contributed by atoms with Crippen LogP contribution in [0.25, 0.3) is 0 Å². The molecule has 1 aromatic rings. The molecule has 1 aliphatic rings. The highest BCUT2D eigenvalue weighted by Crippen LogP contribution is 2.36. The van der Waals surface area contributed by atoms with Gasteiger partial charge in [-0.25, -0.2) is 8.78 Å². The van der Waals surface area contributed by atoms with Crippen LogP contribution in [0, 0.1) is 11.3 Å². The number of nitriles is 1. The van der Waals surface area contributed by atoms with Crippen molar-refractivity contribution in [1.82, 2.24) is 10.2 Å². The summed E-state index contributed by atoms with van der Waals surface area (Å²) in [6, 6.07) is 6.93. The van der Waals surface area contributed by atoms with Gasteiger partial charge in [0.2, 0.25) is 0 Å². The van der Waals surface area contributed by atoms with Gasteiger partial charge in [-0.1, -0.05) is 12.1 Å². The van der Waals surface area contributed by atoms with Crippen molar-refractivity contribution in [1.29, 1.82) is 5.26 Å². The number of nitrogens with one attached hydrogen (secondary N) is 1. The lowest BCUT2D eigenvalue weighted by molar-refractivity contribution is -0.118. The van der Waals surface area contributed by atoms with E-state index >= 15 is 0 Å². The van der Waals surface area contributed by atoms with Crippen molar-refractivity contribution in [2.75, 3.05) is 32.8 Å². The van der Waals surface area contributed by atoms with E-state index in [1.807, 2.05) is 6.07 Å². The highest BCUT2D eigenvalue weighted by molar-refractivity contribution is 5.33. The molecular formula is C14H17F2N3O. The van der Waals surface area contributed by atoms with E-state index in [1.165, 1.54) is 24.3 Å². The highest BCUT2D eigenvalue weighted by Gasteiger charge is 2.43. The summed E-state index contributed by atoms with van der Waals surface area (Å²) < 4.78 is 28.2. The molecule has 0 spiro atoms. The minimum atomic E-state index is -3.22. The molecule has 0 bridgehead atoms.